The summed E-state index contributed by atoms with van der Waals surface area (Å²) >= 11 is 0. The van der Waals surface area contributed by atoms with Crippen LogP contribution in [0.5, 0.6) is 0 Å². The lowest BCUT2D eigenvalue weighted by atomic mass is 9.68. The predicted molar refractivity (Wildman–Crippen MR) is 124 cm³/mol. The molecule has 0 saturated heterocycles. The molecule has 5 rings (SSSR count). The van der Waals surface area contributed by atoms with Crippen LogP contribution in [0, 0.1) is 24.0 Å². The van der Waals surface area contributed by atoms with Crippen LogP contribution in [-0.2, 0) is 6.42 Å². The Morgan fingerprint density at radius 2 is 1.52 bits per heavy atom. The van der Waals surface area contributed by atoms with Crippen molar-refractivity contribution in [2.75, 3.05) is 0 Å². The molecule has 164 valence electrons. The van der Waals surface area contributed by atoms with Crippen molar-refractivity contribution >= 4 is 11.5 Å². The standard InChI is InChI=1S/C27H22N2O4/c1-16-11-13-18(14-12-16)23(15-24-26(29(31)32)17(2)28-33-24)25-19-7-3-5-9-21(19)27(30)22-10-6-4-8-20(22)25/h3-14,23,25H,15H2,1-2H3. The number of nitrogens with zero attached hydrogens (tertiary/aromatic N) is 2. The quantitative estimate of drug-likeness (QED) is 0.286. The number of aryl methyl sites for hydroxylation is 2. The van der Waals surface area contributed by atoms with Gasteiger partial charge < -0.3 is 4.52 Å². The molecule has 3 aromatic carbocycles. The lowest BCUT2D eigenvalue weighted by molar-refractivity contribution is -0.386. The fourth-order valence-electron chi connectivity index (χ4n) is 4.92. The van der Waals surface area contributed by atoms with E-state index in [4.69, 9.17) is 4.52 Å². The SMILES string of the molecule is Cc1ccc(C(Cc2onc(C)c2[N+](=O)[O-])C2c3ccccc3C(=O)c3ccccc32)cc1. The molecule has 1 atom stereocenters. The second-order valence-corrected chi connectivity index (χ2v) is 8.50. The van der Waals surface area contributed by atoms with E-state index < -0.39 is 4.92 Å². The van der Waals surface area contributed by atoms with Crippen LogP contribution in [0.2, 0.25) is 0 Å². The van der Waals surface area contributed by atoms with Crippen LogP contribution < -0.4 is 0 Å². The van der Waals surface area contributed by atoms with Gasteiger partial charge in [0.05, 0.1) is 4.92 Å². The van der Waals surface area contributed by atoms with E-state index in [-0.39, 0.29) is 41.2 Å². The highest BCUT2D eigenvalue weighted by atomic mass is 16.6. The van der Waals surface area contributed by atoms with Gasteiger partial charge in [-0.15, -0.1) is 0 Å². The maximum atomic E-state index is 13.2. The summed E-state index contributed by atoms with van der Waals surface area (Å²) in [6.45, 7) is 3.60. The monoisotopic (exact) mass is 438 g/mol. The minimum Gasteiger partial charge on any atom is -0.354 e. The van der Waals surface area contributed by atoms with Gasteiger partial charge in [0.25, 0.3) is 0 Å². The number of hydrogen-bond donors (Lipinski definition) is 0. The van der Waals surface area contributed by atoms with E-state index in [1.165, 1.54) is 0 Å². The number of benzene rings is 3. The average Bonchev–Trinajstić information content (AvgIpc) is 3.19. The molecule has 1 heterocycles. The highest BCUT2D eigenvalue weighted by Crippen LogP contribution is 2.47. The van der Waals surface area contributed by atoms with Gasteiger partial charge in [-0.3, -0.25) is 14.9 Å². The van der Waals surface area contributed by atoms with E-state index in [1.54, 1.807) is 6.92 Å². The molecule has 0 bridgehead atoms. The second-order valence-electron chi connectivity index (χ2n) is 8.50. The summed E-state index contributed by atoms with van der Waals surface area (Å²) in [5.74, 6) is -0.133. The topological polar surface area (TPSA) is 86.2 Å². The number of fused-ring (bicyclic) bond motifs is 2. The second kappa shape index (κ2) is 8.13. The van der Waals surface area contributed by atoms with Crippen molar-refractivity contribution in [1.82, 2.24) is 5.16 Å². The van der Waals surface area contributed by atoms with Crippen molar-refractivity contribution in [2.24, 2.45) is 0 Å². The van der Waals surface area contributed by atoms with Gasteiger partial charge in [0.15, 0.2) is 11.5 Å². The van der Waals surface area contributed by atoms with E-state index in [0.29, 0.717) is 11.1 Å². The van der Waals surface area contributed by atoms with Crippen LogP contribution in [0.15, 0.2) is 77.3 Å². The van der Waals surface area contributed by atoms with Gasteiger partial charge in [-0.2, -0.15) is 0 Å². The van der Waals surface area contributed by atoms with E-state index in [2.05, 4.69) is 17.3 Å². The molecule has 0 saturated carbocycles. The molecule has 6 nitrogen and oxygen atoms in total. The lowest BCUT2D eigenvalue weighted by Gasteiger charge is -2.33. The van der Waals surface area contributed by atoms with Crippen molar-refractivity contribution < 1.29 is 14.2 Å². The Hall–Kier alpha value is -4.06. The first-order valence-corrected chi connectivity index (χ1v) is 10.8. The zero-order valence-electron chi connectivity index (χ0n) is 18.3. The zero-order valence-corrected chi connectivity index (χ0v) is 18.3. The number of ketones is 1. The zero-order chi connectivity index (χ0) is 23.1. The molecular weight excluding hydrogens is 416 g/mol. The first-order valence-electron chi connectivity index (χ1n) is 10.8. The third-order valence-electron chi connectivity index (χ3n) is 6.48. The predicted octanol–water partition coefficient (Wildman–Crippen LogP) is 5.90. The van der Waals surface area contributed by atoms with Crippen molar-refractivity contribution in [2.45, 2.75) is 32.1 Å². The summed E-state index contributed by atoms with van der Waals surface area (Å²) < 4.78 is 5.46. The summed E-state index contributed by atoms with van der Waals surface area (Å²) in [5, 5.41) is 15.6. The van der Waals surface area contributed by atoms with E-state index in [9.17, 15) is 14.9 Å². The Morgan fingerprint density at radius 3 is 2.09 bits per heavy atom. The summed E-state index contributed by atoms with van der Waals surface area (Å²) in [6, 6.07) is 23.4. The van der Waals surface area contributed by atoms with E-state index >= 15 is 0 Å². The highest BCUT2D eigenvalue weighted by molar-refractivity contribution is 6.12. The third kappa shape index (κ3) is 3.53. The van der Waals surface area contributed by atoms with Crippen molar-refractivity contribution in [3.05, 3.63) is 128 Å². The molecule has 0 amide bonds. The summed E-state index contributed by atoms with van der Waals surface area (Å²) in [4.78, 5) is 24.6. The van der Waals surface area contributed by atoms with Gasteiger partial charge in [-0.1, -0.05) is 83.5 Å². The van der Waals surface area contributed by atoms with Crippen LogP contribution in [0.3, 0.4) is 0 Å². The number of carbonyl (C=O) groups is 1. The maximum absolute atomic E-state index is 13.2. The molecule has 0 radical (unpaired) electrons. The number of nitro groups is 1. The van der Waals surface area contributed by atoms with Crippen LogP contribution in [0.1, 0.15) is 61.5 Å². The Labute approximate surface area is 191 Å². The molecule has 1 aliphatic carbocycles. The number of rotatable bonds is 5. The van der Waals surface area contributed by atoms with Gasteiger partial charge >= 0.3 is 5.69 Å². The number of hydrogen-bond acceptors (Lipinski definition) is 5. The minimum atomic E-state index is -0.431. The van der Waals surface area contributed by atoms with Gasteiger partial charge in [0, 0.05) is 29.4 Å². The maximum Gasteiger partial charge on any atom is 0.334 e. The van der Waals surface area contributed by atoms with Crippen molar-refractivity contribution in [3.63, 3.8) is 0 Å². The fourth-order valence-corrected chi connectivity index (χ4v) is 4.92. The van der Waals surface area contributed by atoms with Gasteiger partial charge in [0.2, 0.25) is 5.76 Å². The normalized spacial score (nSPS) is 13.9. The Bertz CT molecular complexity index is 1320. The van der Waals surface area contributed by atoms with E-state index in [1.807, 2.05) is 67.6 Å². The summed E-state index contributed by atoms with van der Waals surface area (Å²) in [7, 11) is 0. The van der Waals surface area contributed by atoms with Gasteiger partial charge in [-0.25, -0.2) is 0 Å². The largest absolute Gasteiger partial charge is 0.354 e. The minimum absolute atomic E-state index is 0.00148. The van der Waals surface area contributed by atoms with Crippen LogP contribution in [0.25, 0.3) is 0 Å². The van der Waals surface area contributed by atoms with Crippen LogP contribution in [0.4, 0.5) is 5.69 Å². The van der Waals surface area contributed by atoms with Crippen molar-refractivity contribution in [1.29, 1.82) is 0 Å². The van der Waals surface area contributed by atoms with Crippen molar-refractivity contribution in [3.8, 4) is 0 Å². The molecule has 0 N–H and O–H groups in total. The lowest BCUT2D eigenvalue weighted by Crippen LogP contribution is -2.25. The summed E-state index contributed by atoms with van der Waals surface area (Å²) in [5.41, 5.74) is 5.50. The molecule has 6 heteroatoms. The number of carbonyl (C=O) groups excluding carboxylic acids is 1. The van der Waals surface area contributed by atoms with Crippen LogP contribution >= 0.6 is 0 Å². The first kappa shape index (κ1) is 20.8. The molecule has 0 spiro atoms. The molecular formula is C27H22N2O4. The molecule has 1 unspecified atom stereocenters. The molecule has 1 aliphatic rings. The molecule has 4 aromatic rings. The smallest absolute Gasteiger partial charge is 0.334 e. The molecule has 33 heavy (non-hydrogen) atoms. The first-order chi connectivity index (χ1) is 16.0. The Balaban J connectivity index is 1.73. The van der Waals surface area contributed by atoms with Gasteiger partial charge in [-0.05, 0) is 30.5 Å². The average molecular weight is 438 g/mol. The van der Waals surface area contributed by atoms with Gasteiger partial charge in [0.1, 0.15) is 0 Å². The highest BCUT2D eigenvalue weighted by Gasteiger charge is 2.38. The Kier molecular flexibility index (Phi) is 5.13. The molecule has 1 aromatic heterocycles. The van der Waals surface area contributed by atoms with Crippen LogP contribution in [-0.4, -0.2) is 15.9 Å². The number of aromatic nitrogens is 1. The molecule has 0 aliphatic heterocycles. The summed E-state index contributed by atoms with van der Waals surface area (Å²) in [6.07, 6.45) is 0.280. The van der Waals surface area contributed by atoms with E-state index in [0.717, 1.165) is 22.3 Å². The molecule has 0 fully saturated rings. The third-order valence-corrected chi connectivity index (χ3v) is 6.48. The Morgan fingerprint density at radius 1 is 0.939 bits per heavy atom. The fraction of sp³-hybridized carbons (Fsp3) is 0.185.